The van der Waals surface area contributed by atoms with E-state index in [1.54, 1.807) is 39.9 Å². The van der Waals surface area contributed by atoms with Crippen LogP contribution in [0.2, 0.25) is 0 Å². The van der Waals surface area contributed by atoms with Crippen LogP contribution in [0.4, 0.5) is 22.0 Å². The number of carbonyl (C=O) groups excluding carboxylic acids is 2. The SMILES string of the molecule is CC(C)(C)OC(=O)N1CCN(c2ccc(NC(=O)c3ccc(Cn4nnc5c(N6CCOCC6)nc(-c6cccc(O)c6)nc54)cc3)cc2)CC1. The maximum Gasteiger partial charge on any atom is 0.410 e. The fraction of sp³-hybridized carbons (Fsp3) is 0.351. The average Bonchev–Trinajstić information content (AvgIpc) is 3.54. The van der Waals surface area contributed by atoms with E-state index in [1.807, 2.05) is 63.2 Å². The summed E-state index contributed by atoms with van der Waals surface area (Å²) in [5.74, 6) is 1.05. The number of amides is 2. The quantitative estimate of drug-likeness (QED) is 0.243. The van der Waals surface area contributed by atoms with Crippen molar-refractivity contribution in [3.63, 3.8) is 0 Å². The van der Waals surface area contributed by atoms with Crippen LogP contribution in [0.3, 0.4) is 0 Å². The third kappa shape index (κ3) is 7.86. The van der Waals surface area contributed by atoms with Gasteiger partial charge in [0.1, 0.15) is 11.4 Å². The molecule has 2 amide bonds. The fourth-order valence-corrected chi connectivity index (χ4v) is 6.09. The Hall–Kier alpha value is -5.76. The maximum absolute atomic E-state index is 13.1. The molecule has 2 N–H and O–H groups in total. The summed E-state index contributed by atoms with van der Waals surface area (Å²) in [6.07, 6.45) is -0.284. The van der Waals surface area contributed by atoms with E-state index in [0.717, 1.165) is 11.3 Å². The fourth-order valence-electron chi connectivity index (χ4n) is 6.09. The Balaban J connectivity index is 1.00. The minimum Gasteiger partial charge on any atom is -0.508 e. The lowest BCUT2D eigenvalue weighted by Crippen LogP contribution is -2.50. The molecule has 0 saturated carbocycles. The number of piperazine rings is 1. The Labute approximate surface area is 295 Å². The van der Waals surface area contributed by atoms with Crippen LogP contribution in [0.15, 0.2) is 72.8 Å². The second-order valence-electron chi connectivity index (χ2n) is 13.6. The van der Waals surface area contributed by atoms with Crippen molar-refractivity contribution in [3.05, 3.63) is 83.9 Å². The molecule has 0 aliphatic carbocycles. The van der Waals surface area contributed by atoms with Gasteiger partial charge >= 0.3 is 6.09 Å². The summed E-state index contributed by atoms with van der Waals surface area (Å²) in [4.78, 5) is 41.3. The molecule has 0 atom stereocenters. The van der Waals surface area contributed by atoms with Crippen LogP contribution in [-0.2, 0) is 16.0 Å². The van der Waals surface area contributed by atoms with Crippen molar-refractivity contribution in [2.75, 3.05) is 67.6 Å². The first-order valence-corrected chi connectivity index (χ1v) is 17.1. The van der Waals surface area contributed by atoms with Crippen LogP contribution >= 0.6 is 0 Å². The second kappa shape index (κ2) is 14.2. The van der Waals surface area contributed by atoms with Crippen molar-refractivity contribution >= 4 is 40.4 Å². The highest BCUT2D eigenvalue weighted by atomic mass is 16.6. The van der Waals surface area contributed by atoms with Crippen molar-refractivity contribution in [1.82, 2.24) is 29.9 Å². The van der Waals surface area contributed by atoms with Crippen LogP contribution in [0.1, 0.15) is 36.7 Å². The van der Waals surface area contributed by atoms with Gasteiger partial charge in [-0.2, -0.15) is 0 Å². The Morgan fingerprint density at radius 1 is 0.882 bits per heavy atom. The predicted octanol–water partition coefficient (Wildman–Crippen LogP) is 4.79. The summed E-state index contributed by atoms with van der Waals surface area (Å²) < 4.78 is 12.8. The van der Waals surface area contributed by atoms with Gasteiger partial charge in [0.25, 0.3) is 5.91 Å². The summed E-state index contributed by atoms with van der Waals surface area (Å²) in [7, 11) is 0. The molecule has 4 heterocycles. The Morgan fingerprint density at radius 3 is 2.29 bits per heavy atom. The number of aromatic nitrogens is 5. The molecule has 0 unspecified atom stereocenters. The largest absolute Gasteiger partial charge is 0.508 e. The highest BCUT2D eigenvalue weighted by molar-refractivity contribution is 6.04. The van der Waals surface area contributed by atoms with Crippen molar-refractivity contribution in [3.8, 4) is 17.1 Å². The van der Waals surface area contributed by atoms with Crippen molar-refractivity contribution in [2.45, 2.75) is 32.9 Å². The standard InChI is InChI=1S/C37H41N9O5/c1-37(2,3)51-36(49)45-17-15-43(16-18-45)29-13-11-28(12-14-29)38-35(48)26-9-7-25(8-10-26)24-46-34-31(41-42-46)33(44-19-21-50-22-20-44)39-32(40-34)27-5-4-6-30(47)23-27/h4-14,23,47H,15-22,24H2,1-3H3,(H,38,48). The molecule has 2 saturated heterocycles. The van der Waals surface area contributed by atoms with Gasteiger partial charge < -0.3 is 34.6 Å². The molecule has 2 aliphatic heterocycles. The number of ether oxygens (including phenoxy) is 2. The number of anilines is 3. The molecule has 264 valence electrons. The van der Waals surface area contributed by atoms with Gasteiger partial charge in [-0.1, -0.05) is 29.5 Å². The normalized spacial score (nSPS) is 15.2. The number of aromatic hydroxyl groups is 1. The minimum atomic E-state index is -0.519. The summed E-state index contributed by atoms with van der Waals surface area (Å²) in [5.41, 5.74) is 4.47. The van der Waals surface area contributed by atoms with Crippen molar-refractivity contribution in [1.29, 1.82) is 0 Å². The Kier molecular flexibility index (Phi) is 9.41. The molecule has 2 aliphatic rings. The van der Waals surface area contributed by atoms with Gasteiger partial charge in [-0.25, -0.2) is 19.4 Å². The van der Waals surface area contributed by atoms with Crippen LogP contribution in [-0.4, -0.2) is 105 Å². The smallest absolute Gasteiger partial charge is 0.410 e. The molecule has 0 spiro atoms. The van der Waals surface area contributed by atoms with Crippen LogP contribution in [0.25, 0.3) is 22.6 Å². The Bertz CT molecular complexity index is 2010. The number of hydrogen-bond donors (Lipinski definition) is 2. The van der Waals surface area contributed by atoms with E-state index in [4.69, 9.17) is 19.4 Å². The zero-order valence-electron chi connectivity index (χ0n) is 29.0. The molecule has 3 aromatic carbocycles. The average molecular weight is 692 g/mol. The van der Waals surface area contributed by atoms with E-state index in [0.29, 0.717) is 98.6 Å². The number of fused-ring (bicyclic) bond motifs is 1. The zero-order valence-corrected chi connectivity index (χ0v) is 29.0. The first-order chi connectivity index (χ1) is 24.6. The first-order valence-electron chi connectivity index (χ1n) is 17.1. The van der Waals surface area contributed by atoms with Crippen molar-refractivity contribution in [2.24, 2.45) is 0 Å². The maximum atomic E-state index is 13.1. The van der Waals surface area contributed by atoms with Gasteiger partial charge in [0.05, 0.1) is 19.8 Å². The van der Waals surface area contributed by atoms with E-state index in [9.17, 15) is 14.7 Å². The minimum absolute atomic E-state index is 0.129. The van der Waals surface area contributed by atoms with Gasteiger partial charge in [-0.3, -0.25) is 4.79 Å². The lowest BCUT2D eigenvalue weighted by molar-refractivity contribution is 0.0240. The summed E-state index contributed by atoms with van der Waals surface area (Å²) in [5, 5.41) is 22.0. The lowest BCUT2D eigenvalue weighted by atomic mass is 10.1. The molecule has 0 radical (unpaired) electrons. The number of nitrogens with one attached hydrogen (secondary N) is 1. The van der Waals surface area contributed by atoms with Gasteiger partial charge in [-0.15, -0.1) is 5.10 Å². The molecule has 2 fully saturated rings. The number of phenolic OH excluding ortho intramolecular Hbond substituents is 1. The number of phenols is 1. The van der Waals surface area contributed by atoms with E-state index in [2.05, 4.69) is 25.4 Å². The topological polar surface area (TPSA) is 151 Å². The zero-order chi connectivity index (χ0) is 35.5. The molecule has 2 aromatic heterocycles. The molecular weight excluding hydrogens is 650 g/mol. The van der Waals surface area contributed by atoms with E-state index >= 15 is 0 Å². The van der Waals surface area contributed by atoms with Crippen LogP contribution in [0, 0.1) is 0 Å². The lowest BCUT2D eigenvalue weighted by Gasteiger charge is -2.36. The third-order valence-corrected chi connectivity index (χ3v) is 8.73. The highest BCUT2D eigenvalue weighted by Gasteiger charge is 2.26. The third-order valence-electron chi connectivity index (χ3n) is 8.73. The number of benzene rings is 3. The number of hydrogen-bond acceptors (Lipinski definition) is 11. The molecule has 0 bridgehead atoms. The van der Waals surface area contributed by atoms with Crippen LogP contribution in [0.5, 0.6) is 5.75 Å². The number of carbonyl (C=O) groups is 2. The van der Waals surface area contributed by atoms with Gasteiger partial charge in [0, 0.05) is 61.8 Å². The summed E-state index contributed by atoms with van der Waals surface area (Å²) in [6, 6.07) is 21.9. The van der Waals surface area contributed by atoms with E-state index < -0.39 is 5.60 Å². The molecule has 51 heavy (non-hydrogen) atoms. The van der Waals surface area contributed by atoms with Crippen LogP contribution < -0.4 is 15.1 Å². The van der Waals surface area contributed by atoms with Crippen molar-refractivity contribution < 1.29 is 24.2 Å². The van der Waals surface area contributed by atoms with E-state index in [1.165, 1.54) is 0 Å². The first kappa shape index (κ1) is 33.7. The number of nitrogens with zero attached hydrogens (tertiary/aromatic N) is 8. The van der Waals surface area contributed by atoms with E-state index in [-0.39, 0.29) is 17.7 Å². The number of rotatable bonds is 7. The Morgan fingerprint density at radius 2 is 1.61 bits per heavy atom. The summed E-state index contributed by atoms with van der Waals surface area (Å²) in [6.45, 7) is 11.1. The monoisotopic (exact) mass is 691 g/mol. The highest BCUT2D eigenvalue weighted by Crippen LogP contribution is 2.29. The number of morpholine rings is 1. The van der Waals surface area contributed by atoms with Gasteiger partial charge in [0.2, 0.25) is 0 Å². The van der Waals surface area contributed by atoms with Gasteiger partial charge in [-0.05, 0) is 74.9 Å². The predicted molar refractivity (Wildman–Crippen MR) is 193 cm³/mol. The second-order valence-corrected chi connectivity index (χ2v) is 13.6. The molecule has 14 heteroatoms. The molecular formula is C37H41N9O5. The van der Waals surface area contributed by atoms with Gasteiger partial charge in [0.15, 0.2) is 22.8 Å². The molecule has 7 rings (SSSR count). The molecule has 14 nitrogen and oxygen atoms in total. The summed E-state index contributed by atoms with van der Waals surface area (Å²) >= 11 is 0. The molecule has 5 aromatic rings.